The van der Waals surface area contributed by atoms with Gasteiger partial charge in [-0.25, -0.2) is 4.39 Å². The molecule has 104 valence electrons. The summed E-state index contributed by atoms with van der Waals surface area (Å²) >= 11 is 3.10. The van der Waals surface area contributed by atoms with Crippen LogP contribution in [-0.2, 0) is 0 Å². The first-order chi connectivity index (χ1) is 9.13. The third-order valence-electron chi connectivity index (χ3n) is 3.06. The first-order valence-electron chi connectivity index (χ1n) is 6.48. The smallest absolute Gasteiger partial charge is 0.161 e. The molecule has 3 nitrogen and oxygen atoms in total. The van der Waals surface area contributed by atoms with Gasteiger partial charge in [-0.15, -0.1) is 0 Å². The van der Waals surface area contributed by atoms with E-state index in [9.17, 15) is 4.39 Å². The van der Waals surface area contributed by atoms with E-state index in [0.29, 0.717) is 17.8 Å². The van der Waals surface area contributed by atoms with Gasteiger partial charge in [0.05, 0.1) is 15.7 Å². The van der Waals surface area contributed by atoms with Gasteiger partial charge in [-0.05, 0) is 54.1 Å². The van der Waals surface area contributed by atoms with E-state index >= 15 is 0 Å². The van der Waals surface area contributed by atoms with Crippen LogP contribution in [0.5, 0.6) is 0 Å². The predicted molar refractivity (Wildman–Crippen MR) is 79.7 cm³/mol. The zero-order valence-electron chi connectivity index (χ0n) is 11.3. The molecule has 0 aliphatic rings. The standard InChI is InChI=1S/C14H19BrFN3/c1-3-19(4-2)9-5-8-18-12-7-6-11(10-17)13(15)14(12)16/h6-7,18H,3-5,8-9H2,1-2H3. The Balaban J connectivity index is 2.51. The third-order valence-corrected chi connectivity index (χ3v) is 3.84. The Bertz CT molecular complexity index is 453. The Kier molecular flexibility index (Phi) is 6.82. The van der Waals surface area contributed by atoms with Crippen molar-refractivity contribution in [1.29, 1.82) is 5.26 Å². The van der Waals surface area contributed by atoms with Crippen LogP contribution in [0.2, 0.25) is 0 Å². The maximum absolute atomic E-state index is 13.9. The van der Waals surface area contributed by atoms with E-state index in [1.807, 2.05) is 6.07 Å². The van der Waals surface area contributed by atoms with E-state index in [1.165, 1.54) is 0 Å². The SMILES string of the molecule is CCN(CC)CCCNc1ccc(C#N)c(Br)c1F. The number of benzene rings is 1. The molecule has 5 heteroatoms. The van der Waals surface area contributed by atoms with Crippen LogP contribution in [0.3, 0.4) is 0 Å². The number of nitrogens with one attached hydrogen (secondary N) is 1. The van der Waals surface area contributed by atoms with Crippen molar-refractivity contribution in [3.63, 3.8) is 0 Å². The van der Waals surface area contributed by atoms with Gasteiger partial charge in [-0.2, -0.15) is 5.26 Å². The number of hydrogen-bond acceptors (Lipinski definition) is 3. The molecule has 0 saturated carbocycles. The summed E-state index contributed by atoms with van der Waals surface area (Å²) in [7, 11) is 0. The van der Waals surface area contributed by atoms with Crippen LogP contribution in [0.25, 0.3) is 0 Å². The molecule has 0 aliphatic heterocycles. The van der Waals surface area contributed by atoms with E-state index in [-0.39, 0.29) is 4.47 Å². The fourth-order valence-electron chi connectivity index (χ4n) is 1.84. The van der Waals surface area contributed by atoms with Gasteiger partial charge in [0.1, 0.15) is 6.07 Å². The summed E-state index contributed by atoms with van der Waals surface area (Å²) in [4.78, 5) is 2.33. The van der Waals surface area contributed by atoms with Gasteiger partial charge in [0.25, 0.3) is 0 Å². The Morgan fingerprint density at radius 1 is 1.37 bits per heavy atom. The molecule has 0 heterocycles. The lowest BCUT2D eigenvalue weighted by Crippen LogP contribution is -2.25. The van der Waals surface area contributed by atoms with Crippen molar-refractivity contribution in [1.82, 2.24) is 4.90 Å². The number of anilines is 1. The molecule has 0 unspecified atom stereocenters. The van der Waals surface area contributed by atoms with Gasteiger partial charge in [-0.1, -0.05) is 13.8 Å². The van der Waals surface area contributed by atoms with E-state index in [0.717, 1.165) is 26.1 Å². The molecule has 0 amide bonds. The van der Waals surface area contributed by atoms with Crippen molar-refractivity contribution < 1.29 is 4.39 Å². The summed E-state index contributed by atoms with van der Waals surface area (Å²) < 4.78 is 14.1. The summed E-state index contributed by atoms with van der Waals surface area (Å²) in [6.07, 6.45) is 0.957. The Hall–Kier alpha value is -1.12. The Labute approximate surface area is 122 Å². The quantitative estimate of drug-likeness (QED) is 0.777. The average Bonchev–Trinajstić information content (AvgIpc) is 2.43. The van der Waals surface area contributed by atoms with E-state index in [1.54, 1.807) is 12.1 Å². The van der Waals surface area contributed by atoms with Crippen LogP contribution >= 0.6 is 15.9 Å². The maximum Gasteiger partial charge on any atom is 0.161 e. The molecule has 19 heavy (non-hydrogen) atoms. The monoisotopic (exact) mass is 327 g/mol. The molecular formula is C14H19BrFN3. The highest BCUT2D eigenvalue weighted by atomic mass is 79.9. The first kappa shape index (κ1) is 15.9. The molecule has 0 spiro atoms. The number of nitrogens with zero attached hydrogens (tertiary/aromatic N) is 2. The van der Waals surface area contributed by atoms with E-state index in [2.05, 4.69) is 40.0 Å². The number of nitriles is 1. The van der Waals surface area contributed by atoms with Crippen LogP contribution in [0.15, 0.2) is 16.6 Å². The van der Waals surface area contributed by atoms with Crippen molar-refractivity contribution >= 4 is 21.6 Å². The van der Waals surface area contributed by atoms with Gasteiger partial charge in [0.15, 0.2) is 5.82 Å². The van der Waals surface area contributed by atoms with E-state index < -0.39 is 5.82 Å². The highest BCUT2D eigenvalue weighted by Crippen LogP contribution is 2.26. The first-order valence-corrected chi connectivity index (χ1v) is 7.27. The summed E-state index contributed by atoms with van der Waals surface area (Å²) in [5.74, 6) is -0.401. The summed E-state index contributed by atoms with van der Waals surface area (Å²) in [5.41, 5.74) is 0.747. The topological polar surface area (TPSA) is 39.1 Å². The fourth-order valence-corrected chi connectivity index (χ4v) is 2.27. The van der Waals surface area contributed by atoms with Crippen LogP contribution in [0, 0.1) is 17.1 Å². The minimum atomic E-state index is -0.401. The molecule has 0 aromatic heterocycles. The fraction of sp³-hybridized carbons (Fsp3) is 0.500. The van der Waals surface area contributed by atoms with Crippen LogP contribution in [-0.4, -0.2) is 31.1 Å². The number of rotatable bonds is 7. The lowest BCUT2D eigenvalue weighted by atomic mass is 10.2. The van der Waals surface area contributed by atoms with Crippen LogP contribution < -0.4 is 5.32 Å². The molecule has 0 atom stereocenters. The number of halogens is 2. The maximum atomic E-state index is 13.9. The zero-order valence-corrected chi connectivity index (χ0v) is 12.9. The zero-order chi connectivity index (χ0) is 14.3. The second-order valence-electron chi connectivity index (χ2n) is 4.21. The van der Waals surface area contributed by atoms with Crippen LogP contribution in [0.1, 0.15) is 25.8 Å². The molecule has 0 radical (unpaired) electrons. The van der Waals surface area contributed by atoms with Crippen LogP contribution in [0.4, 0.5) is 10.1 Å². The second kappa shape index (κ2) is 8.13. The highest BCUT2D eigenvalue weighted by molar-refractivity contribution is 9.10. The average molecular weight is 328 g/mol. The van der Waals surface area contributed by atoms with Crippen molar-refractivity contribution in [3.8, 4) is 6.07 Å². The van der Waals surface area contributed by atoms with Gasteiger partial charge in [0.2, 0.25) is 0 Å². The molecule has 1 N–H and O–H groups in total. The van der Waals surface area contributed by atoms with Crippen molar-refractivity contribution in [2.45, 2.75) is 20.3 Å². The summed E-state index contributed by atoms with van der Waals surface area (Å²) in [5, 5.41) is 11.9. The summed E-state index contributed by atoms with van der Waals surface area (Å²) in [6.45, 7) is 8.05. The molecule has 0 saturated heterocycles. The second-order valence-corrected chi connectivity index (χ2v) is 5.00. The third kappa shape index (κ3) is 4.48. The molecule has 1 aromatic carbocycles. The number of hydrogen-bond donors (Lipinski definition) is 1. The lowest BCUT2D eigenvalue weighted by Gasteiger charge is -2.18. The predicted octanol–water partition coefficient (Wildman–Crippen LogP) is 3.60. The molecule has 0 fully saturated rings. The highest BCUT2D eigenvalue weighted by Gasteiger charge is 2.10. The van der Waals surface area contributed by atoms with Crippen molar-refractivity contribution in [2.75, 3.05) is 31.5 Å². The Morgan fingerprint density at radius 2 is 2.05 bits per heavy atom. The molecule has 1 aromatic rings. The minimum Gasteiger partial charge on any atom is -0.383 e. The molecular weight excluding hydrogens is 309 g/mol. The van der Waals surface area contributed by atoms with Gasteiger partial charge in [0, 0.05) is 6.54 Å². The molecule has 0 aliphatic carbocycles. The summed E-state index contributed by atoms with van der Waals surface area (Å²) in [6, 6.07) is 5.16. The van der Waals surface area contributed by atoms with Gasteiger partial charge in [-0.3, -0.25) is 0 Å². The van der Waals surface area contributed by atoms with Crippen molar-refractivity contribution in [2.24, 2.45) is 0 Å². The largest absolute Gasteiger partial charge is 0.383 e. The minimum absolute atomic E-state index is 0.226. The van der Waals surface area contributed by atoms with Gasteiger partial charge >= 0.3 is 0 Å². The van der Waals surface area contributed by atoms with E-state index in [4.69, 9.17) is 5.26 Å². The molecule has 0 bridgehead atoms. The molecule has 1 rings (SSSR count). The van der Waals surface area contributed by atoms with Gasteiger partial charge < -0.3 is 10.2 Å². The Morgan fingerprint density at radius 3 is 2.63 bits per heavy atom. The normalized spacial score (nSPS) is 10.5. The lowest BCUT2D eigenvalue weighted by molar-refractivity contribution is 0.303. The van der Waals surface area contributed by atoms with Crippen molar-refractivity contribution in [3.05, 3.63) is 28.0 Å².